The number of benzene rings is 1. The lowest BCUT2D eigenvalue weighted by Gasteiger charge is -2.26. The van der Waals surface area contributed by atoms with Crippen molar-refractivity contribution in [3.8, 4) is 0 Å². The summed E-state index contributed by atoms with van der Waals surface area (Å²) in [6, 6.07) is 7.99. The molecule has 0 unspecified atom stereocenters. The van der Waals surface area contributed by atoms with Gasteiger partial charge in [0.2, 0.25) is 0 Å². The van der Waals surface area contributed by atoms with Crippen LogP contribution in [0.1, 0.15) is 38.8 Å². The molecule has 3 nitrogen and oxygen atoms in total. The second-order valence-corrected chi connectivity index (χ2v) is 6.28. The van der Waals surface area contributed by atoms with Gasteiger partial charge in [-0.05, 0) is 45.2 Å². The SMILES string of the molecule is COC(C)(C)Cc1ccccc1CC(C)(C)C(=O)O. The van der Waals surface area contributed by atoms with Crippen molar-refractivity contribution in [3.63, 3.8) is 0 Å². The average molecular weight is 264 g/mol. The molecule has 0 aromatic heterocycles. The Morgan fingerprint density at radius 1 is 1.11 bits per heavy atom. The first-order chi connectivity index (χ1) is 8.68. The van der Waals surface area contributed by atoms with Gasteiger partial charge >= 0.3 is 5.97 Å². The standard InChI is InChI=1S/C16H24O3/c1-15(2,14(17)18)10-12-8-6-7-9-13(12)11-16(3,4)19-5/h6-9H,10-11H2,1-5H3,(H,17,18). The van der Waals surface area contributed by atoms with Crippen molar-refractivity contribution in [1.29, 1.82) is 0 Å². The van der Waals surface area contributed by atoms with Crippen LogP contribution >= 0.6 is 0 Å². The zero-order chi connectivity index (χ0) is 14.7. The molecule has 19 heavy (non-hydrogen) atoms. The molecule has 1 aromatic rings. The van der Waals surface area contributed by atoms with E-state index in [1.165, 1.54) is 0 Å². The number of ether oxygens (including phenoxy) is 1. The molecular weight excluding hydrogens is 240 g/mol. The van der Waals surface area contributed by atoms with Gasteiger partial charge in [0.1, 0.15) is 0 Å². The summed E-state index contributed by atoms with van der Waals surface area (Å²) in [5.41, 5.74) is 1.24. The fourth-order valence-electron chi connectivity index (χ4n) is 1.98. The largest absolute Gasteiger partial charge is 0.481 e. The lowest BCUT2D eigenvalue weighted by Crippen LogP contribution is -2.29. The number of carboxylic acid groups (broad SMARTS) is 1. The highest BCUT2D eigenvalue weighted by Crippen LogP contribution is 2.26. The van der Waals surface area contributed by atoms with Gasteiger partial charge < -0.3 is 9.84 Å². The van der Waals surface area contributed by atoms with Crippen molar-refractivity contribution in [1.82, 2.24) is 0 Å². The van der Waals surface area contributed by atoms with Crippen LogP contribution in [0.3, 0.4) is 0 Å². The van der Waals surface area contributed by atoms with Gasteiger partial charge in [-0.1, -0.05) is 24.3 Å². The third kappa shape index (κ3) is 4.35. The fourth-order valence-corrected chi connectivity index (χ4v) is 1.98. The van der Waals surface area contributed by atoms with Crippen LogP contribution in [0.5, 0.6) is 0 Å². The molecular formula is C16H24O3. The summed E-state index contributed by atoms with van der Waals surface area (Å²) in [5.74, 6) is -0.770. The molecule has 1 aromatic carbocycles. The van der Waals surface area contributed by atoms with Crippen LogP contribution in [-0.2, 0) is 22.4 Å². The Labute approximate surface area is 115 Å². The van der Waals surface area contributed by atoms with Gasteiger partial charge in [-0.25, -0.2) is 0 Å². The molecule has 1 rings (SSSR count). The third-order valence-corrected chi connectivity index (χ3v) is 3.50. The predicted octanol–water partition coefficient (Wildman–Crippen LogP) is 3.31. The Balaban J connectivity index is 3.00. The van der Waals surface area contributed by atoms with E-state index in [-0.39, 0.29) is 5.60 Å². The second-order valence-electron chi connectivity index (χ2n) is 6.28. The number of hydrogen-bond acceptors (Lipinski definition) is 2. The molecule has 0 heterocycles. The van der Waals surface area contributed by atoms with Crippen molar-refractivity contribution in [2.24, 2.45) is 5.41 Å². The summed E-state index contributed by atoms with van der Waals surface area (Å²) in [7, 11) is 1.70. The zero-order valence-electron chi connectivity index (χ0n) is 12.5. The normalized spacial score (nSPS) is 12.5. The van der Waals surface area contributed by atoms with Crippen molar-refractivity contribution in [2.75, 3.05) is 7.11 Å². The maximum atomic E-state index is 11.3. The molecule has 3 heteroatoms. The van der Waals surface area contributed by atoms with Crippen molar-refractivity contribution >= 4 is 5.97 Å². The van der Waals surface area contributed by atoms with Gasteiger partial charge in [-0.2, -0.15) is 0 Å². The minimum atomic E-state index is -0.770. The molecule has 0 aliphatic carbocycles. The number of carbonyl (C=O) groups is 1. The number of carboxylic acids is 1. The first-order valence-electron chi connectivity index (χ1n) is 6.53. The van der Waals surface area contributed by atoms with Crippen molar-refractivity contribution in [3.05, 3.63) is 35.4 Å². The molecule has 106 valence electrons. The van der Waals surface area contributed by atoms with E-state index in [1.807, 2.05) is 38.1 Å². The molecule has 0 atom stereocenters. The van der Waals surface area contributed by atoms with E-state index in [0.717, 1.165) is 17.5 Å². The van der Waals surface area contributed by atoms with Crippen LogP contribution in [0.4, 0.5) is 0 Å². The molecule has 0 bridgehead atoms. The van der Waals surface area contributed by atoms with E-state index < -0.39 is 11.4 Å². The van der Waals surface area contributed by atoms with E-state index in [4.69, 9.17) is 4.74 Å². The lowest BCUT2D eigenvalue weighted by atomic mass is 9.82. The van der Waals surface area contributed by atoms with Gasteiger partial charge in [-0.15, -0.1) is 0 Å². The van der Waals surface area contributed by atoms with Crippen LogP contribution in [0, 0.1) is 5.41 Å². The topological polar surface area (TPSA) is 46.5 Å². The smallest absolute Gasteiger partial charge is 0.309 e. The van der Waals surface area contributed by atoms with Crippen molar-refractivity contribution in [2.45, 2.75) is 46.1 Å². The Kier molecular flexibility index (Phi) is 4.75. The summed E-state index contributed by atoms with van der Waals surface area (Å²) in [6.45, 7) is 7.58. The van der Waals surface area contributed by atoms with Crippen LogP contribution < -0.4 is 0 Å². The lowest BCUT2D eigenvalue weighted by molar-refractivity contribution is -0.146. The maximum Gasteiger partial charge on any atom is 0.309 e. The molecule has 0 saturated heterocycles. The number of rotatable bonds is 6. The molecule has 0 amide bonds. The van der Waals surface area contributed by atoms with Crippen molar-refractivity contribution < 1.29 is 14.6 Å². The molecule has 0 aliphatic heterocycles. The monoisotopic (exact) mass is 264 g/mol. The first-order valence-corrected chi connectivity index (χ1v) is 6.53. The minimum Gasteiger partial charge on any atom is -0.481 e. The maximum absolute atomic E-state index is 11.3. The summed E-state index contributed by atoms with van der Waals surface area (Å²) in [6.07, 6.45) is 1.30. The highest BCUT2D eigenvalue weighted by molar-refractivity contribution is 5.74. The highest BCUT2D eigenvalue weighted by atomic mass is 16.5. The Bertz CT molecular complexity index is 447. The third-order valence-electron chi connectivity index (χ3n) is 3.50. The number of methoxy groups -OCH3 is 1. The zero-order valence-corrected chi connectivity index (χ0v) is 12.5. The van der Waals surface area contributed by atoms with Gasteiger partial charge in [-0.3, -0.25) is 4.79 Å². The van der Waals surface area contributed by atoms with Gasteiger partial charge in [0, 0.05) is 13.5 Å². The summed E-state index contributed by atoms with van der Waals surface area (Å²) < 4.78 is 5.46. The Morgan fingerprint density at radius 3 is 2.00 bits per heavy atom. The average Bonchev–Trinajstić information content (AvgIpc) is 2.31. The van der Waals surface area contributed by atoms with E-state index in [2.05, 4.69) is 0 Å². The number of hydrogen-bond donors (Lipinski definition) is 1. The minimum absolute atomic E-state index is 0.247. The van der Waals surface area contributed by atoms with E-state index in [9.17, 15) is 9.90 Å². The summed E-state index contributed by atoms with van der Waals surface area (Å²) >= 11 is 0. The highest BCUT2D eigenvalue weighted by Gasteiger charge is 2.29. The fraction of sp³-hybridized carbons (Fsp3) is 0.562. The van der Waals surface area contributed by atoms with Crippen LogP contribution in [-0.4, -0.2) is 23.8 Å². The van der Waals surface area contributed by atoms with E-state index >= 15 is 0 Å². The van der Waals surface area contributed by atoms with Gasteiger partial charge in [0.15, 0.2) is 0 Å². The molecule has 0 spiro atoms. The summed E-state index contributed by atoms with van der Waals surface area (Å²) in [4.78, 5) is 11.3. The van der Waals surface area contributed by atoms with Crippen LogP contribution in [0.2, 0.25) is 0 Å². The number of aliphatic carboxylic acids is 1. The molecule has 0 saturated carbocycles. The second kappa shape index (κ2) is 5.74. The molecule has 0 fully saturated rings. The van der Waals surface area contributed by atoms with Crippen LogP contribution in [0.15, 0.2) is 24.3 Å². The van der Waals surface area contributed by atoms with E-state index in [1.54, 1.807) is 21.0 Å². The predicted molar refractivity (Wildman–Crippen MR) is 76.4 cm³/mol. The van der Waals surface area contributed by atoms with E-state index in [0.29, 0.717) is 6.42 Å². The molecule has 0 radical (unpaired) electrons. The first kappa shape index (κ1) is 15.7. The Hall–Kier alpha value is -1.35. The molecule has 1 N–H and O–H groups in total. The Morgan fingerprint density at radius 2 is 1.58 bits per heavy atom. The van der Waals surface area contributed by atoms with Gasteiger partial charge in [0.25, 0.3) is 0 Å². The van der Waals surface area contributed by atoms with Crippen LogP contribution in [0.25, 0.3) is 0 Å². The quantitative estimate of drug-likeness (QED) is 0.857. The summed E-state index contributed by atoms with van der Waals surface area (Å²) in [5, 5.41) is 9.25. The van der Waals surface area contributed by atoms with Gasteiger partial charge in [0.05, 0.1) is 11.0 Å². The molecule has 0 aliphatic rings.